The van der Waals surface area contributed by atoms with Gasteiger partial charge < -0.3 is 4.74 Å². The van der Waals surface area contributed by atoms with Gasteiger partial charge in [-0.1, -0.05) is 169 Å². The van der Waals surface area contributed by atoms with Crippen LogP contribution < -0.4 is 25.5 Å². The topological polar surface area (TPSA) is 9.23 Å². The molecule has 3 heteroatoms. The van der Waals surface area contributed by atoms with E-state index in [2.05, 4.69) is 152 Å². The molecule has 5 rings (SSSR count). The third-order valence-corrected chi connectivity index (χ3v) is 24.1. The van der Waals surface area contributed by atoms with Crippen LogP contribution in [0, 0.1) is 17.8 Å². The molecule has 48 heavy (non-hydrogen) atoms. The van der Waals surface area contributed by atoms with Crippen LogP contribution in [0.1, 0.15) is 107 Å². The lowest BCUT2D eigenvalue weighted by Gasteiger charge is -2.44. The SMILES string of the molecule is C=CCOc1c([Si](CC)(CC)C2C3=CC(C)(C)CCC3=C3C2=c2cc(C(C)(C)C)ccc2=CC3(C)C)cc(C)cc1[Si](C)(C)C(C)(C)C. The van der Waals surface area contributed by atoms with Gasteiger partial charge in [0, 0.05) is 11.0 Å². The van der Waals surface area contributed by atoms with Gasteiger partial charge in [-0.25, -0.2) is 0 Å². The average molecular weight is 679 g/mol. The minimum Gasteiger partial charge on any atom is -0.490 e. The number of rotatable bonds is 8. The third-order valence-electron chi connectivity index (χ3n) is 12.9. The first kappa shape index (κ1) is 36.9. The summed E-state index contributed by atoms with van der Waals surface area (Å²) in [6, 6.07) is 14.8. The summed E-state index contributed by atoms with van der Waals surface area (Å²) in [5.74, 6) is 1.21. The van der Waals surface area contributed by atoms with Gasteiger partial charge in [-0.3, -0.25) is 0 Å². The zero-order valence-electron chi connectivity index (χ0n) is 33.3. The van der Waals surface area contributed by atoms with Crippen molar-refractivity contribution in [2.75, 3.05) is 6.61 Å². The second-order valence-corrected chi connectivity index (χ2v) is 29.4. The van der Waals surface area contributed by atoms with Gasteiger partial charge >= 0.3 is 0 Å². The molecule has 0 amide bonds. The number of ether oxygens (including phenoxy) is 1. The van der Waals surface area contributed by atoms with Crippen LogP contribution in [0.4, 0.5) is 0 Å². The predicted octanol–water partition coefficient (Wildman–Crippen LogP) is 10.4. The fourth-order valence-electron chi connectivity index (χ4n) is 9.11. The van der Waals surface area contributed by atoms with Crippen LogP contribution in [0.5, 0.6) is 5.75 Å². The highest BCUT2D eigenvalue weighted by Gasteiger charge is 2.54. The van der Waals surface area contributed by atoms with Crippen LogP contribution in [-0.4, -0.2) is 22.8 Å². The molecule has 0 spiro atoms. The number of benzene rings is 2. The number of hydrogen-bond acceptors (Lipinski definition) is 1. The van der Waals surface area contributed by atoms with E-state index in [1.54, 1.807) is 27.5 Å². The molecule has 0 heterocycles. The van der Waals surface area contributed by atoms with E-state index < -0.39 is 16.1 Å². The Labute approximate surface area is 296 Å². The Kier molecular flexibility index (Phi) is 9.34. The molecule has 1 nitrogen and oxygen atoms in total. The summed E-state index contributed by atoms with van der Waals surface area (Å²) in [5.41, 5.74) is 10.1. The first-order valence-corrected chi connectivity index (χ1v) is 24.3. The Morgan fingerprint density at radius 3 is 2.10 bits per heavy atom. The molecule has 0 N–H and O–H groups in total. The molecule has 0 saturated heterocycles. The largest absolute Gasteiger partial charge is 0.490 e. The lowest BCUT2D eigenvalue weighted by Crippen LogP contribution is -2.57. The zero-order chi connectivity index (χ0) is 35.8. The van der Waals surface area contributed by atoms with E-state index in [-0.39, 0.29) is 21.3 Å². The molecule has 2 aromatic carbocycles. The number of allylic oxidation sites excluding steroid dienone is 4. The average Bonchev–Trinajstić information content (AvgIpc) is 3.31. The Hall–Kier alpha value is -2.37. The minimum absolute atomic E-state index is 0.0288. The van der Waals surface area contributed by atoms with Gasteiger partial charge in [-0.15, -0.1) is 0 Å². The Balaban J connectivity index is 1.99. The van der Waals surface area contributed by atoms with Crippen molar-refractivity contribution in [3.8, 4) is 5.75 Å². The van der Waals surface area contributed by atoms with Crippen LogP contribution in [-0.2, 0) is 5.41 Å². The van der Waals surface area contributed by atoms with Crippen LogP contribution in [0.2, 0.25) is 35.8 Å². The first-order valence-electron chi connectivity index (χ1n) is 18.8. The quantitative estimate of drug-likeness (QED) is 0.199. The molecule has 1 unspecified atom stereocenters. The molecular weight excluding hydrogens is 613 g/mol. The summed E-state index contributed by atoms with van der Waals surface area (Å²) >= 11 is 0. The normalized spacial score (nSPS) is 20.4. The highest BCUT2D eigenvalue weighted by molar-refractivity contribution is 6.97. The van der Waals surface area contributed by atoms with Crippen molar-refractivity contribution >= 4 is 38.2 Å². The van der Waals surface area contributed by atoms with Gasteiger partial charge in [-0.2, -0.15) is 0 Å². The zero-order valence-corrected chi connectivity index (χ0v) is 35.3. The van der Waals surface area contributed by atoms with Crippen molar-refractivity contribution in [3.05, 3.63) is 87.3 Å². The molecule has 0 aliphatic heterocycles. The van der Waals surface area contributed by atoms with Gasteiger partial charge in [0.1, 0.15) is 20.4 Å². The monoisotopic (exact) mass is 678 g/mol. The molecule has 0 saturated carbocycles. The smallest absolute Gasteiger partial charge is 0.118 e. The molecule has 260 valence electrons. The van der Waals surface area contributed by atoms with E-state index in [0.717, 1.165) is 0 Å². The number of hydrogen-bond donors (Lipinski definition) is 0. The van der Waals surface area contributed by atoms with Crippen molar-refractivity contribution in [1.82, 2.24) is 0 Å². The van der Waals surface area contributed by atoms with Gasteiger partial charge in [-0.05, 0) is 84.3 Å². The van der Waals surface area contributed by atoms with Crippen LogP contribution in [0.15, 0.2) is 65.8 Å². The lowest BCUT2D eigenvalue weighted by atomic mass is 9.72. The Morgan fingerprint density at radius 2 is 1.54 bits per heavy atom. The third kappa shape index (κ3) is 5.93. The number of aryl methyl sites for hydroxylation is 1. The highest BCUT2D eigenvalue weighted by atomic mass is 28.3. The summed E-state index contributed by atoms with van der Waals surface area (Å²) in [7, 11) is -4.31. The molecule has 0 fully saturated rings. The van der Waals surface area contributed by atoms with Crippen molar-refractivity contribution in [3.63, 3.8) is 0 Å². The molecule has 2 aromatic rings. The molecule has 0 aromatic heterocycles. The van der Waals surface area contributed by atoms with E-state index in [0.29, 0.717) is 12.1 Å². The Morgan fingerprint density at radius 1 is 0.917 bits per heavy atom. The second-order valence-electron chi connectivity index (χ2n) is 19.2. The van der Waals surface area contributed by atoms with E-state index in [1.807, 2.05) is 6.08 Å². The molecule has 0 radical (unpaired) electrons. The second kappa shape index (κ2) is 12.1. The number of fused-ring (bicyclic) bond motifs is 3. The highest BCUT2D eigenvalue weighted by Crippen LogP contribution is 2.62. The summed E-state index contributed by atoms with van der Waals surface area (Å²) < 4.78 is 7.01. The predicted molar refractivity (Wildman–Crippen MR) is 218 cm³/mol. The van der Waals surface area contributed by atoms with Crippen molar-refractivity contribution in [2.45, 2.75) is 144 Å². The summed E-state index contributed by atoms with van der Waals surface area (Å²) in [6.45, 7) is 41.5. The van der Waals surface area contributed by atoms with Gasteiger partial charge in [0.25, 0.3) is 0 Å². The minimum atomic E-state index is -2.35. The fourth-order valence-corrected chi connectivity index (χ4v) is 16.7. The van der Waals surface area contributed by atoms with Gasteiger partial charge in [0.15, 0.2) is 0 Å². The van der Waals surface area contributed by atoms with Crippen molar-refractivity contribution in [2.24, 2.45) is 10.8 Å². The van der Waals surface area contributed by atoms with E-state index in [4.69, 9.17) is 4.74 Å². The lowest BCUT2D eigenvalue weighted by molar-refractivity contribution is 0.368. The van der Waals surface area contributed by atoms with E-state index in [9.17, 15) is 0 Å². The maximum absolute atomic E-state index is 7.01. The van der Waals surface area contributed by atoms with E-state index in [1.165, 1.54) is 57.4 Å². The summed E-state index contributed by atoms with van der Waals surface area (Å²) in [6.07, 6.45) is 9.64. The summed E-state index contributed by atoms with van der Waals surface area (Å²) in [4.78, 5) is 0. The molecule has 3 aliphatic rings. The van der Waals surface area contributed by atoms with Crippen LogP contribution in [0.25, 0.3) is 11.6 Å². The molecule has 0 bridgehead atoms. The molecular formula is C45H66OSi2. The maximum atomic E-state index is 7.01. The maximum Gasteiger partial charge on any atom is 0.118 e. The van der Waals surface area contributed by atoms with Crippen LogP contribution >= 0.6 is 0 Å². The van der Waals surface area contributed by atoms with Crippen LogP contribution in [0.3, 0.4) is 0 Å². The van der Waals surface area contributed by atoms with E-state index >= 15 is 0 Å². The Bertz CT molecular complexity index is 1810. The standard InChI is InChI=1S/C45H66OSi2/c1-17-24-46-40-36(47(15,16)43(8,9)10)25-30(4)26-37(40)48(18-2,19-3)41-35-29-44(11,12)23-22-33(35)39-38(41)34-27-32(42(5,6)7)21-20-31(34)28-45(39,13)14/h17,20-21,25-29,41H,1,18-19,22-24H2,2-16H3. The summed E-state index contributed by atoms with van der Waals surface area (Å²) in [5, 5.41) is 6.15. The first-order chi connectivity index (χ1) is 22.1. The molecule has 1 atom stereocenters. The fraction of sp³-hybridized carbons (Fsp3) is 0.556. The van der Waals surface area contributed by atoms with Gasteiger partial charge in [0.2, 0.25) is 0 Å². The van der Waals surface area contributed by atoms with Crippen molar-refractivity contribution < 1.29 is 4.74 Å². The van der Waals surface area contributed by atoms with Crippen molar-refractivity contribution in [1.29, 1.82) is 0 Å². The molecule has 3 aliphatic carbocycles. The van der Waals surface area contributed by atoms with Gasteiger partial charge in [0.05, 0.1) is 8.07 Å².